The third-order valence-corrected chi connectivity index (χ3v) is 3.78. The zero-order valence-corrected chi connectivity index (χ0v) is 11.6. The van der Waals surface area contributed by atoms with Crippen LogP contribution in [0.3, 0.4) is 0 Å². The highest BCUT2D eigenvalue weighted by Crippen LogP contribution is 2.19. The molecule has 1 aromatic rings. The predicted octanol–water partition coefficient (Wildman–Crippen LogP) is 1.77. The van der Waals surface area contributed by atoms with Crippen LogP contribution in [-0.4, -0.2) is 36.1 Å². The lowest BCUT2D eigenvalue weighted by Gasteiger charge is -2.32. The highest BCUT2D eigenvalue weighted by atomic mass is 15.1. The smallest absolute Gasteiger partial charge is 0.144 e. The number of likely N-dealkylation sites (tertiary alicyclic amines) is 1. The molecule has 0 atom stereocenters. The van der Waals surface area contributed by atoms with E-state index in [0.717, 1.165) is 44.2 Å². The zero-order valence-electron chi connectivity index (χ0n) is 11.6. The molecule has 0 aromatic carbocycles. The molecule has 1 aliphatic rings. The maximum atomic E-state index is 9.05. The lowest BCUT2D eigenvalue weighted by molar-refractivity contribution is 0.175. The Bertz CT molecular complexity index is 430. The molecule has 1 aromatic heterocycles. The van der Waals surface area contributed by atoms with E-state index in [1.54, 1.807) is 6.20 Å². The van der Waals surface area contributed by atoms with Gasteiger partial charge in [-0.3, -0.25) is 4.90 Å². The van der Waals surface area contributed by atoms with E-state index in [9.17, 15) is 0 Å². The van der Waals surface area contributed by atoms with Crippen LogP contribution < -0.4 is 5.32 Å². The molecule has 0 radical (unpaired) electrons. The molecule has 0 unspecified atom stereocenters. The standard InChI is InChI=1S/C15H22N4/c1-2-17-11-13-5-8-19(9-6-13)12-14-4-3-7-18-15(14)10-16/h3-4,7,13,17H,2,5-6,8-9,11-12H2,1H3. The number of hydrogen-bond donors (Lipinski definition) is 1. The molecule has 19 heavy (non-hydrogen) atoms. The van der Waals surface area contributed by atoms with Crippen LogP contribution in [-0.2, 0) is 6.54 Å². The van der Waals surface area contributed by atoms with Crippen LogP contribution >= 0.6 is 0 Å². The molecule has 2 heterocycles. The van der Waals surface area contributed by atoms with E-state index in [4.69, 9.17) is 5.26 Å². The Balaban J connectivity index is 1.84. The normalized spacial score (nSPS) is 17.3. The Hall–Kier alpha value is -1.44. The van der Waals surface area contributed by atoms with Crippen LogP contribution in [0.2, 0.25) is 0 Å². The number of rotatable bonds is 5. The minimum Gasteiger partial charge on any atom is -0.317 e. The highest BCUT2D eigenvalue weighted by Gasteiger charge is 2.19. The van der Waals surface area contributed by atoms with E-state index in [1.165, 1.54) is 12.8 Å². The van der Waals surface area contributed by atoms with Gasteiger partial charge in [-0.15, -0.1) is 0 Å². The molecule has 4 nitrogen and oxygen atoms in total. The third-order valence-electron chi connectivity index (χ3n) is 3.78. The summed E-state index contributed by atoms with van der Waals surface area (Å²) in [7, 11) is 0. The first-order valence-corrected chi connectivity index (χ1v) is 7.10. The lowest BCUT2D eigenvalue weighted by atomic mass is 9.96. The molecular weight excluding hydrogens is 236 g/mol. The van der Waals surface area contributed by atoms with Gasteiger partial charge in [-0.2, -0.15) is 5.26 Å². The first-order valence-electron chi connectivity index (χ1n) is 7.10. The van der Waals surface area contributed by atoms with Gasteiger partial charge in [-0.1, -0.05) is 13.0 Å². The first-order chi connectivity index (χ1) is 9.33. The second-order valence-corrected chi connectivity index (χ2v) is 5.15. The fourth-order valence-corrected chi connectivity index (χ4v) is 2.60. The van der Waals surface area contributed by atoms with Crippen molar-refractivity contribution in [2.24, 2.45) is 5.92 Å². The average Bonchev–Trinajstić information content (AvgIpc) is 2.47. The molecule has 0 spiro atoms. The fourth-order valence-electron chi connectivity index (χ4n) is 2.60. The van der Waals surface area contributed by atoms with Gasteiger partial charge < -0.3 is 5.32 Å². The number of nitrogens with zero attached hydrogens (tertiary/aromatic N) is 3. The molecular formula is C15H22N4. The minimum absolute atomic E-state index is 0.567. The van der Waals surface area contributed by atoms with E-state index >= 15 is 0 Å². The van der Waals surface area contributed by atoms with Crippen molar-refractivity contribution in [2.75, 3.05) is 26.2 Å². The summed E-state index contributed by atoms with van der Waals surface area (Å²) >= 11 is 0. The van der Waals surface area contributed by atoms with Crippen molar-refractivity contribution in [1.82, 2.24) is 15.2 Å². The van der Waals surface area contributed by atoms with Gasteiger partial charge in [-0.25, -0.2) is 4.98 Å². The number of pyridine rings is 1. The number of piperidine rings is 1. The van der Waals surface area contributed by atoms with Crippen molar-refractivity contribution >= 4 is 0 Å². The van der Waals surface area contributed by atoms with Crippen molar-refractivity contribution in [1.29, 1.82) is 5.26 Å². The summed E-state index contributed by atoms with van der Waals surface area (Å²) in [6.45, 7) is 7.44. The summed E-state index contributed by atoms with van der Waals surface area (Å²) < 4.78 is 0. The van der Waals surface area contributed by atoms with Gasteiger partial charge in [0.25, 0.3) is 0 Å². The molecule has 1 aliphatic heterocycles. The van der Waals surface area contributed by atoms with Crippen LogP contribution in [0, 0.1) is 17.2 Å². The van der Waals surface area contributed by atoms with Gasteiger partial charge in [-0.05, 0) is 51.0 Å². The zero-order chi connectivity index (χ0) is 13.5. The number of nitrogens with one attached hydrogen (secondary N) is 1. The van der Waals surface area contributed by atoms with E-state index in [0.29, 0.717) is 5.69 Å². The van der Waals surface area contributed by atoms with Gasteiger partial charge in [0.15, 0.2) is 0 Å². The monoisotopic (exact) mass is 258 g/mol. The third kappa shape index (κ3) is 4.02. The Morgan fingerprint density at radius 1 is 1.47 bits per heavy atom. The van der Waals surface area contributed by atoms with Crippen molar-refractivity contribution in [2.45, 2.75) is 26.3 Å². The van der Waals surface area contributed by atoms with Gasteiger partial charge >= 0.3 is 0 Å². The van der Waals surface area contributed by atoms with Crippen LogP contribution in [0.5, 0.6) is 0 Å². The van der Waals surface area contributed by atoms with Gasteiger partial charge in [0, 0.05) is 18.3 Å². The van der Waals surface area contributed by atoms with Gasteiger partial charge in [0.2, 0.25) is 0 Å². The molecule has 102 valence electrons. The summed E-state index contributed by atoms with van der Waals surface area (Å²) in [4.78, 5) is 6.55. The maximum absolute atomic E-state index is 9.05. The second kappa shape index (κ2) is 7.22. The molecule has 1 saturated heterocycles. The van der Waals surface area contributed by atoms with E-state index in [-0.39, 0.29) is 0 Å². The number of hydrogen-bond acceptors (Lipinski definition) is 4. The van der Waals surface area contributed by atoms with Gasteiger partial charge in [0.05, 0.1) is 0 Å². The van der Waals surface area contributed by atoms with Crippen LogP contribution in [0.1, 0.15) is 31.0 Å². The topological polar surface area (TPSA) is 52.0 Å². The van der Waals surface area contributed by atoms with Crippen molar-refractivity contribution in [3.8, 4) is 6.07 Å². The van der Waals surface area contributed by atoms with E-state index < -0.39 is 0 Å². The van der Waals surface area contributed by atoms with Crippen LogP contribution in [0.4, 0.5) is 0 Å². The summed E-state index contributed by atoms with van der Waals surface area (Å²) in [6.07, 6.45) is 4.18. The largest absolute Gasteiger partial charge is 0.317 e. The Morgan fingerprint density at radius 2 is 2.26 bits per heavy atom. The Kier molecular flexibility index (Phi) is 5.31. The molecule has 1 N–H and O–H groups in total. The quantitative estimate of drug-likeness (QED) is 0.874. The molecule has 0 bridgehead atoms. The molecule has 0 amide bonds. The summed E-state index contributed by atoms with van der Waals surface area (Å²) in [6, 6.07) is 6.10. The molecule has 1 fully saturated rings. The molecule has 4 heteroatoms. The second-order valence-electron chi connectivity index (χ2n) is 5.15. The lowest BCUT2D eigenvalue weighted by Crippen LogP contribution is -2.37. The molecule has 0 saturated carbocycles. The summed E-state index contributed by atoms with van der Waals surface area (Å²) in [5.74, 6) is 0.806. The molecule has 0 aliphatic carbocycles. The summed E-state index contributed by atoms with van der Waals surface area (Å²) in [5, 5.41) is 12.5. The van der Waals surface area contributed by atoms with Crippen molar-refractivity contribution < 1.29 is 0 Å². The Labute approximate surface area is 115 Å². The average molecular weight is 258 g/mol. The highest BCUT2D eigenvalue weighted by molar-refractivity contribution is 5.30. The van der Waals surface area contributed by atoms with Crippen LogP contribution in [0.15, 0.2) is 18.3 Å². The fraction of sp³-hybridized carbons (Fsp3) is 0.600. The predicted molar refractivity (Wildman–Crippen MR) is 75.5 cm³/mol. The minimum atomic E-state index is 0.567. The van der Waals surface area contributed by atoms with Crippen LogP contribution in [0.25, 0.3) is 0 Å². The van der Waals surface area contributed by atoms with Crippen molar-refractivity contribution in [3.05, 3.63) is 29.6 Å². The first kappa shape index (κ1) is 14.0. The number of nitriles is 1. The SMILES string of the molecule is CCNCC1CCN(Cc2cccnc2C#N)CC1. The Morgan fingerprint density at radius 3 is 2.95 bits per heavy atom. The molecule has 2 rings (SSSR count). The van der Waals surface area contributed by atoms with E-state index in [1.807, 2.05) is 12.1 Å². The summed E-state index contributed by atoms with van der Waals surface area (Å²) in [5.41, 5.74) is 1.62. The van der Waals surface area contributed by atoms with E-state index in [2.05, 4.69) is 28.2 Å². The van der Waals surface area contributed by atoms with Crippen molar-refractivity contribution in [3.63, 3.8) is 0 Å². The van der Waals surface area contributed by atoms with Gasteiger partial charge in [0.1, 0.15) is 11.8 Å². The maximum Gasteiger partial charge on any atom is 0.144 e. The number of aromatic nitrogens is 1.